The van der Waals surface area contributed by atoms with Crippen LogP contribution in [0.1, 0.15) is 76.1 Å². The summed E-state index contributed by atoms with van der Waals surface area (Å²) in [6.07, 6.45) is 0.558. The maximum atomic E-state index is 13.9. The first-order valence-corrected chi connectivity index (χ1v) is 16.3. The Morgan fingerprint density at radius 2 is 1.67 bits per heavy atom. The summed E-state index contributed by atoms with van der Waals surface area (Å²) in [5, 5.41) is 17.5. The molecule has 1 amide bonds. The fourth-order valence-electron chi connectivity index (χ4n) is 5.32. The molecule has 3 rings (SSSR count). The van der Waals surface area contributed by atoms with Crippen molar-refractivity contribution in [1.82, 2.24) is 14.9 Å². The number of benzene rings is 2. The number of rotatable bonds is 11. The van der Waals surface area contributed by atoms with Crippen molar-refractivity contribution in [3.8, 4) is 0 Å². The van der Waals surface area contributed by atoms with E-state index in [4.69, 9.17) is 4.74 Å². The standard InChI is InChI=1S/C31H45F2N3O5S/c1-20(2)23-8-7-9-24(17-23)29(22-10-12-36(13-11-22)42(6,39)40)34-19-28(37)27(35-30(38)41-31(3,4)5)16-21-14-25(32)18-26(33)15-21/h7-9,14-15,17-18,20,22,27-29,34,37H,10-13,16,19H2,1-6H3,(H,35,38)/t27-,28+,29?/m0/s1. The van der Waals surface area contributed by atoms with Gasteiger partial charge in [0.05, 0.1) is 18.4 Å². The average Bonchev–Trinajstić information content (AvgIpc) is 2.86. The minimum atomic E-state index is -3.29. The normalized spacial score (nSPS) is 17.6. The lowest BCUT2D eigenvalue weighted by Crippen LogP contribution is -2.51. The van der Waals surface area contributed by atoms with Crippen LogP contribution in [-0.2, 0) is 21.2 Å². The minimum Gasteiger partial charge on any atom is -0.444 e. The Morgan fingerprint density at radius 3 is 2.21 bits per heavy atom. The largest absolute Gasteiger partial charge is 0.444 e. The van der Waals surface area contributed by atoms with Gasteiger partial charge in [-0.15, -0.1) is 0 Å². The third-order valence-electron chi connectivity index (χ3n) is 7.47. The zero-order valence-corrected chi connectivity index (χ0v) is 26.2. The Balaban J connectivity index is 1.84. The molecular weight excluding hydrogens is 564 g/mol. The molecule has 8 nitrogen and oxygen atoms in total. The van der Waals surface area contributed by atoms with Crippen LogP contribution in [0.25, 0.3) is 0 Å². The number of alkyl carbamates (subject to hydrolysis) is 1. The highest BCUT2D eigenvalue weighted by molar-refractivity contribution is 7.88. The second-order valence-corrected chi connectivity index (χ2v) is 14.5. The quantitative estimate of drug-likeness (QED) is 0.335. The summed E-state index contributed by atoms with van der Waals surface area (Å²) < 4.78 is 58.9. The predicted octanol–water partition coefficient (Wildman–Crippen LogP) is 4.89. The molecule has 0 bridgehead atoms. The van der Waals surface area contributed by atoms with Crippen LogP contribution in [0.2, 0.25) is 0 Å². The van der Waals surface area contributed by atoms with E-state index >= 15 is 0 Å². The topological polar surface area (TPSA) is 108 Å². The van der Waals surface area contributed by atoms with Gasteiger partial charge >= 0.3 is 6.09 Å². The molecule has 3 atom stereocenters. The molecule has 1 aliphatic rings. The van der Waals surface area contributed by atoms with Gasteiger partial charge in [-0.2, -0.15) is 0 Å². The molecule has 1 unspecified atom stereocenters. The number of carbonyl (C=O) groups excluding carboxylic acids is 1. The van der Waals surface area contributed by atoms with E-state index in [1.807, 2.05) is 12.1 Å². The molecule has 2 aromatic carbocycles. The number of sulfonamides is 1. The summed E-state index contributed by atoms with van der Waals surface area (Å²) in [5.74, 6) is -1.11. The highest BCUT2D eigenvalue weighted by Crippen LogP contribution is 2.33. The zero-order chi connectivity index (χ0) is 31.2. The van der Waals surface area contributed by atoms with Crippen LogP contribution in [0.5, 0.6) is 0 Å². The Kier molecular flexibility index (Phi) is 11.5. The summed E-state index contributed by atoms with van der Waals surface area (Å²) in [7, 11) is -3.29. The lowest BCUT2D eigenvalue weighted by Gasteiger charge is -2.37. The van der Waals surface area contributed by atoms with Crippen LogP contribution in [0, 0.1) is 17.6 Å². The Morgan fingerprint density at radius 1 is 1.07 bits per heavy atom. The van der Waals surface area contributed by atoms with Crippen molar-refractivity contribution in [2.75, 3.05) is 25.9 Å². The number of aliphatic hydroxyl groups excluding tert-OH is 1. The molecule has 42 heavy (non-hydrogen) atoms. The number of piperidine rings is 1. The number of hydrogen-bond donors (Lipinski definition) is 3. The molecule has 0 aromatic heterocycles. The first-order chi connectivity index (χ1) is 19.5. The number of hydrogen-bond acceptors (Lipinski definition) is 6. The molecule has 3 N–H and O–H groups in total. The predicted molar refractivity (Wildman–Crippen MR) is 160 cm³/mol. The van der Waals surface area contributed by atoms with E-state index in [1.165, 1.54) is 22.7 Å². The summed E-state index contributed by atoms with van der Waals surface area (Å²) in [4.78, 5) is 12.7. The van der Waals surface area contributed by atoms with Crippen LogP contribution in [0.3, 0.4) is 0 Å². The fraction of sp³-hybridized carbons (Fsp3) is 0.581. The molecule has 1 fully saturated rings. The average molecular weight is 610 g/mol. The molecule has 1 saturated heterocycles. The molecule has 2 aromatic rings. The van der Waals surface area contributed by atoms with Crippen molar-refractivity contribution in [2.24, 2.45) is 5.92 Å². The van der Waals surface area contributed by atoms with E-state index in [1.54, 1.807) is 20.8 Å². The van der Waals surface area contributed by atoms with Crippen molar-refractivity contribution in [2.45, 2.75) is 83.6 Å². The third kappa shape index (κ3) is 10.3. The van der Waals surface area contributed by atoms with Gasteiger partial charge in [-0.05, 0) is 80.7 Å². The molecule has 1 heterocycles. The SMILES string of the molecule is CC(C)c1cccc(C(NC[C@@H](O)[C@H](Cc2cc(F)cc(F)c2)NC(=O)OC(C)(C)C)C2CCN(S(C)(=O)=O)CC2)c1. The molecule has 1 aliphatic heterocycles. The van der Waals surface area contributed by atoms with E-state index in [2.05, 4.69) is 36.6 Å². The lowest BCUT2D eigenvalue weighted by atomic mass is 9.84. The van der Waals surface area contributed by atoms with Crippen molar-refractivity contribution < 1.29 is 31.8 Å². The molecule has 0 aliphatic carbocycles. The first kappa shape index (κ1) is 33.9. The van der Waals surface area contributed by atoms with Gasteiger partial charge in [0.2, 0.25) is 10.0 Å². The highest BCUT2D eigenvalue weighted by atomic mass is 32.2. The maximum absolute atomic E-state index is 13.9. The molecule has 0 saturated carbocycles. The lowest BCUT2D eigenvalue weighted by molar-refractivity contribution is 0.0415. The smallest absolute Gasteiger partial charge is 0.407 e. The van der Waals surface area contributed by atoms with Gasteiger partial charge in [-0.25, -0.2) is 26.3 Å². The third-order valence-corrected chi connectivity index (χ3v) is 8.77. The maximum Gasteiger partial charge on any atom is 0.407 e. The van der Waals surface area contributed by atoms with E-state index < -0.39 is 45.5 Å². The van der Waals surface area contributed by atoms with E-state index in [0.717, 1.165) is 17.2 Å². The Hall–Kier alpha value is -2.60. The van der Waals surface area contributed by atoms with Gasteiger partial charge in [-0.3, -0.25) is 0 Å². The first-order valence-electron chi connectivity index (χ1n) is 14.4. The summed E-state index contributed by atoms with van der Waals surface area (Å²) in [6.45, 7) is 10.2. The molecule has 0 radical (unpaired) electrons. The number of halogens is 2. The fourth-order valence-corrected chi connectivity index (χ4v) is 6.20. The molecular formula is C31H45F2N3O5S. The van der Waals surface area contributed by atoms with Crippen molar-refractivity contribution in [3.63, 3.8) is 0 Å². The Bertz CT molecular complexity index is 1290. The zero-order valence-electron chi connectivity index (χ0n) is 25.4. The number of ether oxygens (including phenoxy) is 1. The van der Waals surface area contributed by atoms with Crippen LogP contribution in [-0.4, -0.2) is 67.6 Å². The minimum absolute atomic E-state index is 0.0307. The number of aliphatic hydroxyl groups is 1. The number of amides is 1. The molecule has 234 valence electrons. The summed E-state index contributed by atoms with van der Waals surface area (Å²) in [5.41, 5.74) is 1.68. The van der Waals surface area contributed by atoms with Crippen molar-refractivity contribution in [1.29, 1.82) is 0 Å². The second-order valence-electron chi connectivity index (χ2n) is 12.5. The van der Waals surface area contributed by atoms with Gasteiger partial charge in [0.25, 0.3) is 0 Å². The van der Waals surface area contributed by atoms with Gasteiger partial charge in [0, 0.05) is 31.7 Å². The molecule has 11 heteroatoms. The number of nitrogens with one attached hydrogen (secondary N) is 2. The molecule has 0 spiro atoms. The van der Waals surface area contributed by atoms with Gasteiger partial charge in [-0.1, -0.05) is 38.1 Å². The van der Waals surface area contributed by atoms with Crippen molar-refractivity contribution >= 4 is 16.1 Å². The van der Waals surface area contributed by atoms with Crippen LogP contribution < -0.4 is 10.6 Å². The van der Waals surface area contributed by atoms with Gasteiger partial charge in [0.15, 0.2) is 0 Å². The van der Waals surface area contributed by atoms with Gasteiger partial charge < -0.3 is 20.5 Å². The van der Waals surface area contributed by atoms with Crippen LogP contribution in [0.15, 0.2) is 42.5 Å². The van der Waals surface area contributed by atoms with E-state index in [-0.39, 0.29) is 30.5 Å². The number of carbonyl (C=O) groups is 1. The highest BCUT2D eigenvalue weighted by Gasteiger charge is 2.32. The monoisotopic (exact) mass is 609 g/mol. The Labute approximate surface area is 248 Å². The van der Waals surface area contributed by atoms with Crippen LogP contribution in [0.4, 0.5) is 13.6 Å². The van der Waals surface area contributed by atoms with E-state index in [0.29, 0.717) is 31.8 Å². The summed E-state index contributed by atoms with van der Waals surface area (Å²) in [6, 6.07) is 10.2. The van der Waals surface area contributed by atoms with E-state index in [9.17, 15) is 27.1 Å². The van der Waals surface area contributed by atoms with Crippen LogP contribution >= 0.6 is 0 Å². The number of nitrogens with zero attached hydrogens (tertiary/aromatic N) is 1. The summed E-state index contributed by atoms with van der Waals surface area (Å²) >= 11 is 0. The second kappa shape index (κ2) is 14.2. The van der Waals surface area contributed by atoms with Gasteiger partial charge in [0.1, 0.15) is 17.2 Å². The van der Waals surface area contributed by atoms with Crippen molar-refractivity contribution in [3.05, 3.63) is 70.8 Å².